The summed E-state index contributed by atoms with van der Waals surface area (Å²) in [6.45, 7) is 2.57. The molecule has 0 spiro atoms. The van der Waals surface area contributed by atoms with Crippen LogP contribution < -0.4 is 20.1 Å². The SMILES string of the molecule is COc1ccc(CNc2nncc(Nc3ccccc3C)n2)cc1OC. The molecule has 0 aliphatic rings. The monoisotopic (exact) mass is 351 g/mol. The first-order valence-corrected chi connectivity index (χ1v) is 8.16. The van der Waals surface area contributed by atoms with Crippen LogP contribution in [0.15, 0.2) is 48.7 Å². The molecule has 0 aliphatic heterocycles. The maximum atomic E-state index is 5.32. The van der Waals surface area contributed by atoms with Crippen LogP contribution in [0, 0.1) is 6.92 Å². The van der Waals surface area contributed by atoms with Gasteiger partial charge >= 0.3 is 0 Å². The van der Waals surface area contributed by atoms with Gasteiger partial charge in [-0.25, -0.2) is 0 Å². The zero-order valence-electron chi connectivity index (χ0n) is 15.0. The topological polar surface area (TPSA) is 81.2 Å². The van der Waals surface area contributed by atoms with E-state index in [1.165, 1.54) is 0 Å². The summed E-state index contributed by atoms with van der Waals surface area (Å²) in [4.78, 5) is 4.45. The van der Waals surface area contributed by atoms with Crippen molar-refractivity contribution in [2.75, 3.05) is 24.9 Å². The zero-order chi connectivity index (χ0) is 18.4. The lowest BCUT2D eigenvalue weighted by atomic mass is 10.2. The van der Waals surface area contributed by atoms with E-state index in [9.17, 15) is 0 Å². The molecule has 0 aliphatic carbocycles. The molecule has 0 radical (unpaired) electrons. The molecule has 0 amide bonds. The first kappa shape index (κ1) is 17.5. The van der Waals surface area contributed by atoms with Gasteiger partial charge in [0.2, 0.25) is 5.95 Å². The molecule has 0 saturated heterocycles. The molecule has 0 saturated carbocycles. The molecule has 0 atom stereocenters. The molecule has 2 aromatic carbocycles. The van der Waals surface area contributed by atoms with Gasteiger partial charge in [-0.1, -0.05) is 24.3 Å². The Morgan fingerprint density at radius 2 is 1.81 bits per heavy atom. The molecule has 1 aromatic heterocycles. The van der Waals surface area contributed by atoms with Crippen molar-refractivity contribution in [1.29, 1.82) is 0 Å². The summed E-state index contributed by atoms with van der Waals surface area (Å²) in [5.74, 6) is 2.45. The minimum absolute atomic E-state index is 0.443. The summed E-state index contributed by atoms with van der Waals surface area (Å²) < 4.78 is 10.6. The van der Waals surface area contributed by atoms with E-state index in [0.29, 0.717) is 29.8 Å². The van der Waals surface area contributed by atoms with Crippen molar-refractivity contribution in [3.63, 3.8) is 0 Å². The van der Waals surface area contributed by atoms with Gasteiger partial charge in [0.25, 0.3) is 0 Å². The molecule has 26 heavy (non-hydrogen) atoms. The van der Waals surface area contributed by atoms with Gasteiger partial charge in [-0.2, -0.15) is 10.1 Å². The average Bonchev–Trinajstić information content (AvgIpc) is 2.68. The molecule has 7 nitrogen and oxygen atoms in total. The Kier molecular flexibility index (Phi) is 5.48. The molecular weight excluding hydrogens is 330 g/mol. The van der Waals surface area contributed by atoms with Crippen molar-refractivity contribution in [1.82, 2.24) is 15.2 Å². The lowest BCUT2D eigenvalue weighted by Gasteiger charge is -2.11. The van der Waals surface area contributed by atoms with E-state index >= 15 is 0 Å². The summed E-state index contributed by atoms with van der Waals surface area (Å²) in [7, 11) is 3.23. The van der Waals surface area contributed by atoms with Crippen LogP contribution in [-0.4, -0.2) is 29.4 Å². The van der Waals surface area contributed by atoms with Gasteiger partial charge in [-0.05, 0) is 36.2 Å². The number of benzene rings is 2. The molecule has 1 heterocycles. The number of aryl methyl sites for hydroxylation is 1. The Morgan fingerprint density at radius 3 is 2.58 bits per heavy atom. The smallest absolute Gasteiger partial charge is 0.244 e. The number of nitrogens with zero attached hydrogens (tertiary/aromatic N) is 3. The fourth-order valence-electron chi connectivity index (χ4n) is 2.46. The highest BCUT2D eigenvalue weighted by Crippen LogP contribution is 2.27. The Morgan fingerprint density at radius 1 is 1.00 bits per heavy atom. The number of rotatable bonds is 7. The van der Waals surface area contributed by atoms with Gasteiger partial charge in [0.05, 0.1) is 20.4 Å². The van der Waals surface area contributed by atoms with Gasteiger partial charge in [0, 0.05) is 12.2 Å². The third-order valence-electron chi connectivity index (χ3n) is 3.87. The quantitative estimate of drug-likeness (QED) is 0.673. The first-order valence-electron chi connectivity index (χ1n) is 8.16. The molecule has 134 valence electrons. The lowest BCUT2D eigenvalue weighted by molar-refractivity contribution is 0.354. The van der Waals surface area contributed by atoms with Crippen molar-refractivity contribution in [3.05, 3.63) is 59.8 Å². The van der Waals surface area contributed by atoms with E-state index in [2.05, 4.69) is 25.8 Å². The Balaban J connectivity index is 1.68. The van der Waals surface area contributed by atoms with E-state index in [-0.39, 0.29) is 0 Å². The van der Waals surface area contributed by atoms with Crippen LogP contribution >= 0.6 is 0 Å². The van der Waals surface area contributed by atoms with Crippen LogP contribution in [0.4, 0.5) is 17.5 Å². The van der Waals surface area contributed by atoms with Crippen LogP contribution in [-0.2, 0) is 6.54 Å². The standard InChI is InChI=1S/C19H21N5O2/c1-13-6-4-5-7-15(13)22-18-12-21-24-19(23-18)20-11-14-8-9-16(25-2)17(10-14)26-3/h4-10,12H,11H2,1-3H3,(H2,20,22,23,24). The van der Waals surface area contributed by atoms with Crippen LogP contribution in [0.2, 0.25) is 0 Å². The van der Waals surface area contributed by atoms with Gasteiger partial charge < -0.3 is 20.1 Å². The highest BCUT2D eigenvalue weighted by atomic mass is 16.5. The van der Waals surface area contributed by atoms with E-state index in [4.69, 9.17) is 9.47 Å². The molecule has 0 unspecified atom stereocenters. The maximum absolute atomic E-state index is 5.32. The van der Waals surface area contributed by atoms with Gasteiger partial charge in [-0.3, -0.25) is 0 Å². The summed E-state index contributed by atoms with van der Waals surface area (Å²) in [5.41, 5.74) is 3.13. The van der Waals surface area contributed by atoms with Crippen LogP contribution in [0.25, 0.3) is 0 Å². The Labute approximate surface area is 152 Å². The van der Waals surface area contributed by atoms with Crippen molar-refractivity contribution in [2.45, 2.75) is 13.5 Å². The number of anilines is 3. The minimum Gasteiger partial charge on any atom is -0.493 e. The Bertz CT molecular complexity index is 885. The highest BCUT2D eigenvalue weighted by molar-refractivity contribution is 5.60. The van der Waals surface area contributed by atoms with Gasteiger partial charge in [0.1, 0.15) is 0 Å². The van der Waals surface area contributed by atoms with Crippen molar-refractivity contribution >= 4 is 17.5 Å². The van der Waals surface area contributed by atoms with Crippen molar-refractivity contribution in [3.8, 4) is 11.5 Å². The number of para-hydroxylation sites is 1. The third-order valence-corrected chi connectivity index (χ3v) is 3.87. The van der Waals surface area contributed by atoms with Gasteiger partial charge in [0.15, 0.2) is 17.3 Å². The molecule has 3 aromatic rings. The van der Waals surface area contributed by atoms with Crippen molar-refractivity contribution < 1.29 is 9.47 Å². The van der Waals surface area contributed by atoms with E-state index in [1.54, 1.807) is 20.4 Å². The second-order valence-corrected chi connectivity index (χ2v) is 5.65. The summed E-state index contributed by atoms with van der Waals surface area (Å²) in [5, 5.41) is 14.5. The zero-order valence-corrected chi connectivity index (χ0v) is 15.0. The second-order valence-electron chi connectivity index (χ2n) is 5.65. The van der Waals surface area contributed by atoms with E-state index in [1.807, 2.05) is 49.4 Å². The number of hydrogen-bond acceptors (Lipinski definition) is 7. The normalized spacial score (nSPS) is 10.3. The first-order chi connectivity index (χ1) is 12.7. The van der Waals surface area contributed by atoms with Crippen molar-refractivity contribution in [2.24, 2.45) is 0 Å². The van der Waals surface area contributed by atoms with Crippen LogP contribution in [0.1, 0.15) is 11.1 Å². The fourth-order valence-corrected chi connectivity index (χ4v) is 2.46. The molecule has 3 rings (SSSR count). The summed E-state index contributed by atoms with van der Waals surface area (Å²) in [6.07, 6.45) is 1.59. The number of methoxy groups -OCH3 is 2. The maximum Gasteiger partial charge on any atom is 0.244 e. The minimum atomic E-state index is 0.443. The average molecular weight is 351 g/mol. The third kappa shape index (κ3) is 4.18. The number of hydrogen-bond donors (Lipinski definition) is 2. The summed E-state index contributed by atoms with van der Waals surface area (Å²) in [6, 6.07) is 13.7. The summed E-state index contributed by atoms with van der Waals surface area (Å²) >= 11 is 0. The number of aromatic nitrogens is 3. The molecule has 7 heteroatoms. The second kappa shape index (κ2) is 8.15. The van der Waals surface area contributed by atoms with Gasteiger partial charge in [-0.15, -0.1) is 5.10 Å². The molecule has 0 fully saturated rings. The predicted molar refractivity (Wildman–Crippen MR) is 101 cm³/mol. The fraction of sp³-hybridized carbons (Fsp3) is 0.211. The molecule has 0 bridgehead atoms. The largest absolute Gasteiger partial charge is 0.493 e. The lowest BCUT2D eigenvalue weighted by Crippen LogP contribution is -2.07. The molecule has 2 N–H and O–H groups in total. The van der Waals surface area contributed by atoms with Crippen LogP contribution in [0.5, 0.6) is 11.5 Å². The Hall–Kier alpha value is -3.35. The highest BCUT2D eigenvalue weighted by Gasteiger charge is 2.06. The number of nitrogens with one attached hydrogen (secondary N) is 2. The predicted octanol–water partition coefficient (Wildman–Crippen LogP) is 3.55. The molecular formula is C19H21N5O2. The van der Waals surface area contributed by atoms with Crippen LogP contribution in [0.3, 0.4) is 0 Å². The van der Waals surface area contributed by atoms with E-state index in [0.717, 1.165) is 16.8 Å². The van der Waals surface area contributed by atoms with E-state index < -0.39 is 0 Å². The number of ether oxygens (including phenoxy) is 2.